The first-order chi connectivity index (χ1) is 25.8. The van der Waals surface area contributed by atoms with Crippen molar-refractivity contribution in [1.29, 1.82) is 5.41 Å². The first kappa shape index (κ1) is 40.1. The van der Waals surface area contributed by atoms with Crippen molar-refractivity contribution in [3.8, 4) is 11.5 Å². The summed E-state index contributed by atoms with van der Waals surface area (Å²) in [6.07, 6.45) is 3.10. The van der Waals surface area contributed by atoms with E-state index in [9.17, 15) is 29.1 Å². The van der Waals surface area contributed by atoms with Gasteiger partial charge in [-0.05, 0) is 69.8 Å². The van der Waals surface area contributed by atoms with Gasteiger partial charge in [-0.2, -0.15) is 0 Å². The molecule has 0 radical (unpaired) electrons. The van der Waals surface area contributed by atoms with Crippen molar-refractivity contribution in [3.63, 3.8) is 0 Å². The molecule has 0 aromatic heterocycles. The SMILES string of the molecule is CCN(C)[C@@H]1Cc2ccc(OC)c3c2C2[C@@H](O3)C(OC(=O)N3CCCCC3CNC(=O)[C@H](CCCNC(=N)N)NC(=O)CNC(=O)CC(=O)O)=CC[C@]21O. The van der Waals surface area contributed by atoms with Gasteiger partial charge in [0, 0.05) is 37.7 Å². The molecule has 1 fully saturated rings. The third-order valence-corrected chi connectivity index (χ3v) is 10.8. The fourth-order valence-electron chi connectivity index (χ4n) is 7.97. The van der Waals surface area contributed by atoms with E-state index in [1.165, 1.54) is 0 Å². The molecule has 5 rings (SSSR count). The Bertz CT molecular complexity index is 1650. The minimum Gasteiger partial charge on any atom is -0.493 e. The molecular weight excluding hydrogens is 704 g/mol. The molecular formula is C36H52N8O10. The number of carbonyl (C=O) groups is 5. The van der Waals surface area contributed by atoms with Gasteiger partial charge in [-0.1, -0.05) is 13.0 Å². The maximum atomic E-state index is 13.9. The van der Waals surface area contributed by atoms with Crippen molar-refractivity contribution in [3.05, 3.63) is 35.1 Å². The number of likely N-dealkylation sites (tertiary alicyclic amines) is 1. The molecule has 54 heavy (non-hydrogen) atoms. The van der Waals surface area contributed by atoms with Crippen molar-refractivity contribution >= 4 is 35.7 Å². The molecule has 9 N–H and O–H groups in total. The predicted molar refractivity (Wildman–Crippen MR) is 194 cm³/mol. The minimum absolute atomic E-state index is 0.0692. The number of carbonyl (C=O) groups excluding carboxylic acids is 4. The standard InChI is InChI=1S/C36H52N8O10/c1-4-43(2)25-16-20-10-11-23(52-3)31-29(20)30-32(54-31)24(12-13-36(25,30)51)53-35(50)44-15-6-5-8-21(44)18-41-33(49)22(9-7-14-39-34(37)38)42-27(46)19-40-26(45)17-28(47)48/h10-12,21-22,25,30,32,51H,4-9,13-19H2,1-3H3,(H,40,45)(H,41,49)(H,42,46)(H,47,48)(H4,37,38,39)/t21?,22-,25+,30?,32-,36+/m0/s1. The number of nitrogens with two attached hydrogens (primary N) is 1. The van der Waals surface area contributed by atoms with Gasteiger partial charge in [0.25, 0.3) is 0 Å². The van der Waals surface area contributed by atoms with Crippen LogP contribution in [-0.2, 0) is 30.3 Å². The smallest absolute Gasteiger partial charge is 0.415 e. The summed E-state index contributed by atoms with van der Waals surface area (Å²) < 4.78 is 18.2. The molecule has 18 nitrogen and oxygen atoms in total. The fraction of sp³-hybridized carbons (Fsp3) is 0.611. The average molecular weight is 757 g/mol. The summed E-state index contributed by atoms with van der Waals surface area (Å²) >= 11 is 0. The second kappa shape index (κ2) is 17.4. The lowest BCUT2D eigenvalue weighted by Crippen LogP contribution is -2.61. The minimum atomic E-state index is -1.35. The van der Waals surface area contributed by atoms with Crippen LogP contribution in [0.1, 0.15) is 68.9 Å². The monoisotopic (exact) mass is 756 g/mol. The number of hydrogen-bond acceptors (Lipinski definition) is 11. The maximum absolute atomic E-state index is 13.9. The van der Waals surface area contributed by atoms with E-state index in [2.05, 4.69) is 26.2 Å². The van der Waals surface area contributed by atoms with Gasteiger partial charge in [-0.15, -0.1) is 0 Å². The summed E-state index contributed by atoms with van der Waals surface area (Å²) in [7, 11) is 3.55. The molecule has 296 valence electrons. The van der Waals surface area contributed by atoms with E-state index in [0.717, 1.165) is 30.5 Å². The van der Waals surface area contributed by atoms with Crippen LogP contribution in [0.5, 0.6) is 11.5 Å². The second-order valence-corrected chi connectivity index (χ2v) is 14.2. The molecule has 2 heterocycles. The summed E-state index contributed by atoms with van der Waals surface area (Å²) in [6.45, 7) is 2.97. The highest BCUT2D eigenvalue weighted by atomic mass is 16.6. The number of rotatable bonds is 16. The van der Waals surface area contributed by atoms with Gasteiger partial charge in [-0.3, -0.25) is 24.6 Å². The second-order valence-electron chi connectivity index (χ2n) is 14.2. The van der Waals surface area contributed by atoms with Crippen LogP contribution in [0, 0.1) is 5.41 Å². The normalized spacial score (nSPS) is 24.2. The Morgan fingerprint density at radius 2 is 1.94 bits per heavy atom. The van der Waals surface area contributed by atoms with Crippen LogP contribution in [0.3, 0.4) is 0 Å². The lowest BCUT2D eigenvalue weighted by Gasteiger charge is -2.50. The van der Waals surface area contributed by atoms with Gasteiger partial charge in [0.05, 0.1) is 31.2 Å². The number of nitrogens with one attached hydrogen (secondary N) is 5. The third kappa shape index (κ3) is 8.81. The van der Waals surface area contributed by atoms with Crippen LogP contribution in [0.4, 0.5) is 4.79 Å². The molecule has 4 aliphatic rings. The molecule has 2 aliphatic heterocycles. The first-order valence-electron chi connectivity index (χ1n) is 18.4. The molecule has 2 unspecified atom stereocenters. The zero-order chi connectivity index (χ0) is 39.2. The number of methoxy groups -OCH3 is 1. The van der Waals surface area contributed by atoms with E-state index >= 15 is 0 Å². The largest absolute Gasteiger partial charge is 0.493 e. The molecule has 6 atom stereocenters. The highest BCUT2D eigenvalue weighted by molar-refractivity contribution is 5.95. The van der Waals surface area contributed by atoms with Crippen molar-refractivity contribution in [2.24, 2.45) is 5.73 Å². The Morgan fingerprint density at radius 1 is 1.17 bits per heavy atom. The Hall–Kier alpha value is -5.10. The van der Waals surface area contributed by atoms with Crippen LogP contribution >= 0.6 is 0 Å². The van der Waals surface area contributed by atoms with E-state index in [-0.39, 0.29) is 37.9 Å². The lowest BCUT2D eigenvalue weighted by atomic mass is 9.63. The number of carboxylic acid groups (broad SMARTS) is 1. The van der Waals surface area contributed by atoms with E-state index in [1.807, 2.05) is 26.1 Å². The molecule has 18 heteroatoms. The van der Waals surface area contributed by atoms with Gasteiger partial charge in [-0.25, -0.2) is 4.79 Å². The van der Waals surface area contributed by atoms with Gasteiger partial charge in [0.1, 0.15) is 18.2 Å². The molecule has 0 spiro atoms. The Kier molecular flexibility index (Phi) is 12.9. The number of ether oxygens (including phenoxy) is 3. The number of likely N-dealkylation sites (N-methyl/N-ethyl adjacent to an activating group) is 1. The predicted octanol–water partition coefficient (Wildman–Crippen LogP) is -0.119. The highest BCUT2D eigenvalue weighted by Crippen LogP contribution is 2.59. The summed E-state index contributed by atoms with van der Waals surface area (Å²) in [5.74, 6) is -2.76. The van der Waals surface area contributed by atoms with Crippen LogP contribution in [-0.4, -0.2) is 132 Å². The lowest BCUT2D eigenvalue weighted by molar-refractivity contribution is -0.141. The Balaban J connectivity index is 1.26. The number of guanidine groups is 1. The Labute approximate surface area is 313 Å². The van der Waals surface area contributed by atoms with Crippen LogP contribution in [0.15, 0.2) is 24.0 Å². The van der Waals surface area contributed by atoms with Crippen molar-refractivity contribution in [2.45, 2.75) is 94.0 Å². The van der Waals surface area contributed by atoms with E-state index in [0.29, 0.717) is 43.1 Å². The number of carboxylic acids is 1. The van der Waals surface area contributed by atoms with Gasteiger partial charge >= 0.3 is 12.1 Å². The van der Waals surface area contributed by atoms with Gasteiger partial charge in [0.15, 0.2) is 23.6 Å². The topological polar surface area (TPSA) is 258 Å². The van der Waals surface area contributed by atoms with Crippen molar-refractivity contribution < 1.29 is 48.4 Å². The number of hydrogen-bond donors (Lipinski definition) is 8. The molecule has 0 bridgehead atoms. The Morgan fingerprint density at radius 3 is 2.65 bits per heavy atom. The van der Waals surface area contributed by atoms with Crippen LogP contribution in [0.25, 0.3) is 0 Å². The molecule has 1 saturated heterocycles. The molecule has 1 aromatic carbocycles. The van der Waals surface area contributed by atoms with Crippen molar-refractivity contribution in [1.82, 2.24) is 31.1 Å². The van der Waals surface area contributed by atoms with Crippen LogP contribution in [0.2, 0.25) is 0 Å². The number of benzene rings is 1. The van der Waals surface area contributed by atoms with Crippen LogP contribution < -0.4 is 36.5 Å². The van der Waals surface area contributed by atoms with Gasteiger partial charge < -0.3 is 61.2 Å². The summed E-state index contributed by atoms with van der Waals surface area (Å²) in [5.41, 5.74) is 6.11. The first-order valence-corrected chi connectivity index (χ1v) is 18.4. The quantitative estimate of drug-likeness (QED) is 0.0475. The van der Waals surface area contributed by atoms with E-state index in [4.69, 9.17) is 30.5 Å². The number of aliphatic carboxylic acids is 1. The summed E-state index contributed by atoms with van der Waals surface area (Å²) in [6, 6.07) is 2.22. The summed E-state index contributed by atoms with van der Waals surface area (Å²) in [5, 5.41) is 38.7. The third-order valence-electron chi connectivity index (χ3n) is 10.8. The summed E-state index contributed by atoms with van der Waals surface area (Å²) in [4.78, 5) is 66.1. The van der Waals surface area contributed by atoms with E-state index in [1.54, 1.807) is 18.1 Å². The molecule has 1 aromatic rings. The van der Waals surface area contributed by atoms with E-state index < -0.39 is 72.5 Å². The fourth-order valence-corrected chi connectivity index (χ4v) is 7.97. The van der Waals surface area contributed by atoms with Gasteiger partial charge in [0.2, 0.25) is 17.7 Å². The highest BCUT2D eigenvalue weighted by Gasteiger charge is 2.60. The van der Waals surface area contributed by atoms with Crippen molar-refractivity contribution in [2.75, 3.05) is 46.9 Å². The molecule has 0 saturated carbocycles. The number of nitrogens with zero attached hydrogens (tertiary/aromatic N) is 2. The molecule has 2 aliphatic carbocycles. The zero-order valence-corrected chi connectivity index (χ0v) is 30.9. The maximum Gasteiger partial charge on any atom is 0.415 e. The number of piperidine rings is 1. The number of amides is 4. The zero-order valence-electron chi connectivity index (χ0n) is 30.9. The number of aliphatic hydroxyl groups is 1. The average Bonchev–Trinajstić information content (AvgIpc) is 3.56. The molecule has 4 amide bonds.